The molecule has 2 fully saturated rings. The molecule has 20 heavy (non-hydrogen) atoms. The van der Waals surface area contributed by atoms with Gasteiger partial charge in [0, 0.05) is 5.41 Å². The zero-order valence-electron chi connectivity index (χ0n) is 11.8. The van der Waals surface area contributed by atoms with E-state index in [1.54, 1.807) is 6.07 Å². The normalized spacial score (nSPS) is 29.1. The molecule has 3 heteroatoms. The Labute approximate surface area is 119 Å². The number of benzene rings is 1. The van der Waals surface area contributed by atoms with Gasteiger partial charge in [0.2, 0.25) is 0 Å². The van der Waals surface area contributed by atoms with Crippen LogP contribution in [0.2, 0.25) is 0 Å². The third kappa shape index (κ3) is 2.38. The molecule has 0 saturated heterocycles. The molecule has 2 saturated carbocycles. The Morgan fingerprint density at radius 3 is 2.50 bits per heavy atom. The second-order valence-electron chi connectivity index (χ2n) is 6.75. The first kappa shape index (κ1) is 14.0. The van der Waals surface area contributed by atoms with E-state index in [-0.39, 0.29) is 19.0 Å². The van der Waals surface area contributed by atoms with E-state index in [2.05, 4.69) is 0 Å². The lowest BCUT2D eigenvalue weighted by Crippen LogP contribution is -2.38. The van der Waals surface area contributed by atoms with Crippen LogP contribution in [-0.4, -0.2) is 23.4 Å². The topological polar surface area (TPSA) is 40.5 Å². The monoisotopic (exact) mass is 278 g/mol. The average molecular weight is 278 g/mol. The maximum atomic E-state index is 13.5. The van der Waals surface area contributed by atoms with Crippen molar-refractivity contribution in [3.05, 3.63) is 35.6 Å². The first-order valence-electron chi connectivity index (χ1n) is 7.64. The molecule has 2 aliphatic rings. The third-order valence-corrected chi connectivity index (χ3v) is 5.58. The highest BCUT2D eigenvalue weighted by atomic mass is 19.1. The highest BCUT2D eigenvalue weighted by molar-refractivity contribution is 5.27. The van der Waals surface area contributed by atoms with Crippen molar-refractivity contribution in [1.82, 2.24) is 0 Å². The molecule has 2 nitrogen and oxygen atoms in total. The van der Waals surface area contributed by atoms with E-state index in [4.69, 9.17) is 0 Å². The Hall–Kier alpha value is -0.930. The summed E-state index contributed by atoms with van der Waals surface area (Å²) < 4.78 is 13.5. The largest absolute Gasteiger partial charge is 0.395 e. The highest BCUT2D eigenvalue weighted by Gasteiger charge is 2.44. The number of hydrogen-bond donors (Lipinski definition) is 2. The van der Waals surface area contributed by atoms with E-state index < -0.39 is 5.41 Å². The Kier molecular flexibility index (Phi) is 3.83. The van der Waals surface area contributed by atoms with Gasteiger partial charge in [0.15, 0.2) is 0 Å². The summed E-state index contributed by atoms with van der Waals surface area (Å²) in [6.07, 6.45) is 5.91. The minimum atomic E-state index is -0.697. The van der Waals surface area contributed by atoms with E-state index in [1.807, 2.05) is 6.07 Å². The van der Waals surface area contributed by atoms with Crippen molar-refractivity contribution in [3.63, 3.8) is 0 Å². The van der Waals surface area contributed by atoms with Gasteiger partial charge in [-0.2, -0.15) is 0 Å². The summed E-state index contributed by atoms with van der Waals surface area (Å²) in [5.74, 6) is 1.84. The van der Waals surface area contributed by atoms with Crippen LogP contribution in [-0.2, 0) is 5.41 Å². The summed E-state index contributed by atoms with van der Waals surface area (Å²) in [7, 11) is 0. The minimum Gasteiger partial charge on any atom is -0.395 e. The fourth-order valence-corrected chi connectivity index (χ4v) is 4.43. The standard InChI is InChI=1S/C17H23FO2/c18-16-3-1-2-15(8-16)17(10-19,11-20)9-14-7-12-4-5-13(14)6-12/h1-3,8,12-14,19-20H,4-7,9-11H2. The molecule has 110 valence electrons. The fourth-order valence-electron chi connectivity index (χ4n) is 4.43. The van der Waals surface area contributed by atoms with E-state index in [1.165, 1.54) is 37.8 Å². The maximum Gasteiger partial charge on any atom is 0.123 e. The number of hydrogen-bond acceptors (Lipinski definition) is 2. The molecular formula is C17H23FO2. The van der Waals surface area contributed by atoms with Crippen LogP contribution in [0.15, 0.2) is 24.3 Å². The molecule has 2 bridgehead atoms. The van der Waals surface area contributed by atoms with Crippen LogP contribution in [0.4, 0.5) is 4.39 Å². The third-order valence-electron chi connectivity index (χ3n) is 5.58. The molecular weight excluding hydrogens is 255 g/mol. The zero-order chi connectivity index (χ0) is 14.2. The quantitative estimate of drug-likeness (QED) is 0.869. The summed E-state index contributed by atoms with van der Waals surface area (Å²) in [4.78, 5) is 0. The Bertz CT molecular complexity index is 470. The van der Waals surface area contributed by atoms with Crippen LogP contribution in [0.3, 0.4) is 0 Å². The molecule has 3 atom stereocenters. The summed E-state index contributed by atoms with van der Waals surface area (Å²) in [5, 5.41) is 19.7. The molecule has 1 aromatic carbocycles. The van der Waals surface area contributed by atoms with Crippen LogP contribution >= 0.6 is 0 Å². The molecule has 0 spiro atoms. The number of halogens is 1. The van der Waals surface area contributed by atoms with Crippen LogP contribution in [0.1, 0.15) is 37.7 Å². The van der Waals surface area contributed by atoms with Gasteiger partial charge < -0.3 is 10.2 Å². The molecule has 0 aromatic heterocycles. The molecule has 2 aliphatic carbocycles. The summed E-state index contributed by atoms with van der Waals surface area (Å²) >= 11 is 0. The Morgan fingerprint density at radius 2 is 1.95 bits per heavy atom. The van der Waals surface area contributed by atoms with Gasteiger partial charge in [0.05, 0.1) is 13.2 Å². The van der Waals surface area contributed by atoms with Crippen molar-refractivity contribution in [2.75, 3.05) is 13.2 Å². The van der Waals surface area contributed by atoms with Crippen molar-refractivity contribution in [1.29, 1.82) is 0 Å². The Balaban J connectivity index is 1.84. The van der Waals surface area contributed by atoms with Gasteiger partial charge in [0.25, 0.3) is 0 Å². The first-order valence-corrected chi connectivity index (χ1v) is 7.64. The number of fused-ring (bicyclic) bond motifs is 2. The summed E-state index contributed by atoms with van der Waals surface area (Å²) in [5.41, 5.74) is 0.0299. The van der Waals surface area contributed by atoms with Gasteiger partial charge in [-0.05, 0) is 61.1 Å². The minimum absolute atomic E-state index is 0.124. The molecule has 1 aromatic rings. The summed E-state index contributed by atoms with van der Waals surface area (Å²) in [6, 6.07) is 6.34. The molecule has 0 radical (unpaired) electrons. The Morgan fingerprint density at radius 1 is 1.15 bits per heavy atom. The molecule has 3 rings (SSSR count). The summed E-state index contributed by atoms with van der Waals surface area (Å²) in [6.45, 7) is -0.248. The predicted molar refractivity (Wildman–Crippen MR) is 75.8 cm³/mol. The average Bonchev–Trinajstić information content (AvgIpc) is 3.07. The van der Waals surface area contributed by atoms with Gasteiger partial charge in [-0.1, -0.05) is 18.6 Å². The fraction of sp³-hybridized carbons (Fsp3) is 0.647. The number of rotatable bonds is 5. The maximum absolute atomic E-state index is 13.5. The van der Waals surface area contributed by atoms with Crippen molar-refractivity contribution >= 4 is 0 Å². The molecule has 2 N–H and O–H groups in total. The predicted octanol–water partition coefficient (Wildman–Crippen LogP) is 2.87. The van der Waals surface area contributed by atoms with Crippen LogP contribution in [0.5, 0.6) is 0 Å². The molecule has 3 unspecified atom stereocenters. The van der Waals surface area contributed by atoms with Crippen molar-refractivity contribution in [3.8, 4) is 0 Å². The smallest absolute Gasteiger partial charge is 0.123 e. The van der Waals surface area contributed by atoms with Gasteiger partial charge in [-0.15, -0.1) is 0 Å². The van der Waals surface area contributed by atoms with Crippen LogP contribution < -0.4 is 0 Å². The van der Waals surface area contributed by atoms with Gasteiger partial charge in [-0.25, -0.2) is 4.39 Å². The highest BCUT2D eigenvalue weighted by Crippen LogP contribution is 2.52. The van der Waals surface area contributed by atoms with E-state index in [0.29, 0.717) is 5.92 Å². The lowest BCUT2D eigenvalue weighted by atomic mass is 9.71. The van der Waals surface area contributed by atoms with Crippen molar-refractivity contribution in [2.45, 2.75) is 37.5 Å². The SMILES string of the molecule is OCC(CO)(CC1CC2CCC1C2)c1cccc(F)c1. The lowest BCUT2D eigenvalue weighted by Gasteiger charge is -2.36. The second-order valence-corrected chi connectivity index (χ2v) is 6.75. The first-order chi connectivity index (χ1) is 9.66. The molecule has 0 aliphatic heterocycles. The molecule has 0 amide bonds. The van der Waals surface area contributed by atoms with Gasteiger partial charge in [-0.3, -0.25) is 0 Å². The van der Waals surface area contributed by atoms with Crippen LogP contribution in [0.25, 0.3) is 0 Å². The molecule has 0 heterocycles. The lowest BCUT2D eigenvalue weighted by molar-refractivity contribution is 0.0845. The van der Waals surface area contributed by atoms with E-state index in [0.717, 1.165) is 23.8 Å². The van der Waals surface area contributed by atoms with Crippen molar-refractivity contribution < 1.29 is 14.6 Å². The van der Waals surface area contributed by atoms with E-state index >= 15 is 0 Å². The van der Waals surface area contributed by atoms with E-state index in [9.17, 15) is 14.6 Å². The number of aliphatic hydroxyl groups is 2. The second kappa shape index (κ2) is 5.45. The zero-order valence-corrected chi connectivity index (χ0v) is 11.8. The van der Waals surface area contributed by atoms with Crippen molar-refractivity contribution in [2.24, 2.45) is 17.8 Å². The number of aliphatic hydroxyl groups excluding tert-OH is 2. The van der Waals surface area contributed by atoms with Gasteiger partial charge >= 0.3 is 0 Å². The van der Waals surface area contributed by atoms with Crippen LogP contribution in [0, 0.1) is 23.6 Å². The van der Waals surface area contributed by atoms with Gasteiger partial charge in [0.1, 0.15) is 5.82 Å².